The molecule has 0 radical (unpaired) electrons. The third-order valence-electron chi connectivity index (χ3n) is 1.85. The second-order valence-corrected chi connectivity index (χ2v) is 5.78. The molecule has 0 unspecified atom stereocenters. The lowest BCUT2D eigenvalue weighted by Gasteiger charge is -2.19. The summed E-state index contributed by atoms with van der Waals surface area (Å²) in [5, 5.41) is 4.03. The van der Waals surface area contributed by atoms with E-state index in [1.807, 2.05) is 0 Å². The summed E-state index contributed by atoms with van der Waals surface area (Å²) in [6.07, 6.45) is -0.697. The number of hydrogen-bond donors (Lipinski definition) is 3. The second kappa shape index (κ2) is 6.90. The molecule has 3 N–H and O–H groups in total. The number of carbonyl (C=O) groups is 3. The largest absolute Gasteiger partial charge is 0.444 e. The van der Waals surface area contributed by atoms with Crippen molar-refractivity contribution in [3.05, 3.63) is 22.4 Å². The van der Waals surface area contributed by atoms with Gasteiger partial charge in [-0.1, -0.05) is 6.07 Å². The van der Waals surface area contributed by atoms with Crippen LogP contribution in [0.1, 0.15) is 30.4 Å². The minimum Gasteiger partial charge on any atom is -0.444 e. The van der Waals surface area contributed by atoms with Gasteiger partial charge in [0.1, 0.15) is 12.1 Å². The van der Waals surface area contributed by atoms with Crippen LogP contribution < -0.4 is 16.2 Å². The van der Waals surface area contributed by atoms with Crippen LogP contribution in [0.25, 0.3) is 0 Å². The fourth-order valence-electron chi connectivity index (χ4n) is 1.11. The Labute approximate surface area is 120 Å². The molecule has 0 aliphatic rings. The Bertz CT molecular complexity index is 479. The van der Waals surface area contributed by atoms with Gasteiger partial charge in [0.15, 0.2) is 0 Å². The number of thiophene rings is 1. The van der Waals surface area contributed by atoms with Crippen LogP contribution in [0.2, 0.25) is 0 Å². The topological polar surface area (TPSA) is 96.5 Å². The Kier molecular flexibility index (Phi) is 5.51. The average molecular weight is 299 g/mol. The van der Waals surface area contributed by atoms with E-state index in [2.05, 4.69) is 16.2 Å². The third-order valence-corrected chi connectivity index (χ3v) is 2.72. The van der Waals surface area contributed by atoms with Gasteiger partial charge in [-0.25, -0.2) is 4.79 Å². The van der Waals surface area contributed by atoms with Crippen LogP contribution in [0.15, 0.2) is 17.5 Å². The van der Waals surface area contributed by atoms with Crippen LogP contribution in [0.4, 0.5) is 4.79 Å². The zero-order valence-electron chi connectivity index (χ0n) is 11.5. The van der Waals surface area contributed by atoms with Gasteiger partial charge in [-0.05, 0) is 32.2 Å². The van der Waals surface area contributed by atoms with Crippen LogP contribution in [0.3, 0.4) is 0 Å². The summed E-state index contributed by atoms with van der Waals surface area (Å²) in [6.45, 7) is 4.86. The van der Waals surface area contributed by atoms with Gasteiger partial charge in [0.2, 0.25) is 0 Å². The minimum atomic E-state index is -0.697. The summed E-state index contributed by atoms with van der Waals surface area (Å²) in [4.78, 5) is 34.7. The standard InChI is InChI=1S/C12H17N3O4S/c1-12(2,3)19-11(18)13-7-9(16)14-15-10(17)8-5-4-6-20-8/h4-6H,7H2,1-3H3,(H,13,18)(H,14,16)(H,15,17). The maximum Gasteiger partial charge on any atom is 0.408 e. The Morgan fingerprint density at radius 3 is 2.50 bits per heavy atom. The van der Waals surface area contributed by atoms with E-state index in [-0.39, 0.29) is 6.54 Å². The van der Waals surface area contributed by atoms with E-state index in [0.29, 0.717) is 4.88 Å². The van der Waals surface area contributed by atoms with Crippen LogP contribution >= 0.6 is 11.3 Å². The van der Waals surface area contributed by atoms with E-state index in [9.17, 15) is 14.4 Å². The minimum absolute atomic E-state index is 0.292. The van der Waals surface area contributed by atoms with Crippen LogP contribution in [0, 0.1) is 0 Å². The molecule has 0 saturated heterocycles. The first-order valence-electron chi connectivity index (χ1n) is 5.87. The summed E-state index contributed by atoms with van der Waals surface area (Å²) < 4.78 is 4.96. The van der Waals surface area contributed by atoms with E-state index in [0.717, 1.165) is 0 Å². The molecule has 0 saturated carbocycles. The van der Waals surface area contributed by atoms with Crippen molar-refractivity contribution in [2.24, 2.45) is 0 Å². The van der Waals surface area contributed by atoms with Crippen molar-refractivity contribution < 1.29 is 19.1 Å². The fourth-order valence-corrected chi connectivity index (χ4v) is 1.73. The Morgan fingerprint density at radius 2 is 1.95 bits per heavy atom. The molecular formula is C12H17N3O4S. The van der Waals surface area contributed by atoms with Gasteiger partial charge in [0.05, 0.1) is 4.88 Å². The van der Waals surface area contributed by atoms with Crippen molar-refractivity contribution >= 4 is 29.2 Å². The normalized spacial score (nSPS) is 10.6. The van der Waals surface area contributed by atoms with Crippen molar-refractivity contribution in [2.75, 3.05) is 6.54 Å². The molecule has 20 heavy (non-hydrogen) atoms. The molecule has 1 heterocycles. The highest BCUT2D eigenvalue weighted by molar-refractivity contribution is 7.12. The first-order valence-corrected chi connectivity index (χ1v) is 6.75. The molecule has 0 aromatic carbocycles. The zero-order chi connectivity index (χ0) is 15.2. The molecule has 0 aliphatic heterocycles. The Hall–Kier alpha value is -2.09. The zero-order valence-corrected chi connectivity index (χ0v) is 12.3. The molecule has 0 spiro atoms. The number of ether oxygens (including phenoxy) is 1. The molecule has 1 rings (SSSR count). The van der Waals surface area contributed by atoms with Gasteiger partial charge in [-0.2, -0.15) is 0 Å². The third kappa shape index (κ3) is 6.19. The molecular weight excluding hydrogens is 282 g/mol. The molecule has 1 aromatic heterocycles. The molecule has 0 atom stereocenters. The predicted octanol–water partition coefficient (Wildman–Crippen LogP) is 1.03. The molecule has 0 fully saturated rings. The summed E-state index contributed by atoms with van der Waals surface area (Å²) >= 11 is 1.25. The van der Waals surface area contributed by atoms with Crippen molar-refractivity contribution in [2.45, 2.75) is 26.4 Å². The number of nitrogens with one attached hydrogen (secondary N) is 3. The number of rotatable bonds is 3. The number of hydrazine groups is 1. The quantitative estimate of drug-likeness (QED) is 0.726. The highest BCUT2D eigenvalue weighted by atomic mass is 32.1. The molecule has 110 valence electrons. The lowest BCUT2D eigenvalue weighted by atomic mass is 10.2. The highest BCUT2D eigenvalue weighted by Crippen LogP contribution is 2.07. The lowest BCUT2D eigenvalue weighted by molar-refractivity contribution is -0.121. The molecule has 7 nitrogen and oxygen atoms in total. The van der Waals surface area contributed by atoms with Crippen molar-refractivity contribution in [3.8, 4) is 0 Å². The lowest BCUT2D eigenvalue weighted by Crippen LogP contribution is -2.46. The van der Waals surface area contributed by atoms with Gasteiger partial charge >= 0.3 is 6.09 Å². The maximum absolute atomic E-state index is 11.5. The highest BCUT2D eigenvalue weighted by Gasteiger charge is 2.16. The van der Waals surface area contributed by atoms with Crippen molar-refractivity contribution in [1.82, 2.24) is 16.2 Å². The van der Waals surface area contributed by atoms with Crippen molar-refractivity contribution in [1.29, 1.82) is 0 Å². The van der Waals surface area contributed by atoms with Gasteiger partial charge in [-0.15, -0.1) is 11.3 Å². The molecule has 1 aromatic rings. The Morgan fingerprint density at radius 1 is 1.25 bits per heavy atom. The van der Waals surface area contributed by atoms with Crippen LogP contribution in [-0.4, -0.2) is 30.1 Å². The molecule has 0 aliphatic carbocycles. The van der Waals surface area contributed by atoms with E-state index in [1.165, 1.54) is 11.3 Å². The van der Waals surface area contributed by atoms with E-state index in [4.69, 9.17) is 4.74 Å². The van der Waals surface area contributed by atoms with Crippen LogP contribution in [0.5, 0.6) is 0 Å². The average Bonchev–Trinajstić information content (AvgIpc) is 2.85. The van der Waals surface area contributed by atoms with Gasteiger partial charge in [0.25, 0.3) is 11.8 Å². The SMILES string of the molecule is CC(C)(C)OC(=O)NCC(=O)NNC(=O)c1cccs1. The summed E-state index contributed by atoms with van der Waals surface area (Å²) in [5.41, 5.74) is 3.79. The fraction of sp³-hybridized carbons (Fsp3) is 0.417. The summed E-state index contributed by atoms with van der Waals surface area (Å²) in [5.74, 6) is -0.966. The number of carbonyl (C=O) groups excluding carboxylic acids is 3. The number of hydrogen-bond acceptors (Lipinski definition) is 5. The van der Waals surface area contributed by atoms with Crippen molar-refractivity contribution in [3.63, 3.8) is 0 Å². The number of amides is 3. The first kappa shape index (κ1) is 16.0. The van der Waals surface area contributed by atoms with E-state index >= 15 is 0 Å². The predicted molar refractivity (Wildman–Crippen MR) is 74.2 cm³/mol. The monoisotopic (exact) mass is 299 g/mol. The van der Waals surface area contributed by atoms with E-state index < -0.39 is 23.5 Å². The maximum atomic E-state index is 11.5. The second-order valence-electron chi connectivity index (χ2n) is 4.84. The van der Waals surface area contributed by atoms with E-state index in [1.54, 1.807) is 38.3 Å². The summed E-state index contributed by atoms with van der Waals surface area (Å²) in [6, 6.07) is 3.36. The van der Waals surface area contributed by atoms with Gasteiger partial charge in [-0.3, -0.25) is 20.4 Å². The molecule has 3 amide bonds. The Balaban J connectivity index is 2.24. The van der Waals surface area contributed by atoms with Crippen LogP contribution in [-0.2, 0) is 9.53 Å². The number of alkyl carbamates (subject to hydrolysis) is 1. The van der Waals surface area contributed by atoms with Gasteiger partial charge in [0, 0.05) is 0 Å². The first-order chi connectivity index (χ1) is 9.28. The smallest absolute Gasteiger partial charge is 0.408 e. The molecule has 8 heteroatoms. The molecule has 0 bridgehead atoms. The van der Waals surface area contributed by atoms with Gasteiger partial charge < -0.3 is 10.1 Å². The summed E-state index contributed by atoms with van der Waals surface area (Å²) in [7, 11) is 0.